The summed E-state index contributed by atoms with van der Waals surface area (Å²) in [5.74, 6) is 0.226. The van der Waals surface area contributed by atoms with Crippen molar-refractivity contribution in [3.05, 3.63) is 29.6 Å². The van der Waals surface area contributed by atoms with Crippen molar-refractivity contribution in [1.29, 1.82) is 0 Å². The summed E-state index contributed by atoms with van der Waals surface area (Å²) in [6.07, 6.45) is 4.22. The molecule has 0 radical (unpaired) electrons. The van der Waals surface area contributed by atoms with Crippen LogP contribution >= 0.6 is 0 Å². The lowest BCUT2D eigenvalue weighted by molar-refractivity contribution is 0.278. The fourth-order valence-corrected chi connectivity index (χ4v) is 4.26. The number of halogens is 1. The molecule has 2 aliphatic rings. The molecule has 0 unspecified atom stereocenters. The Morgan fingerprint density at radius 3 is 2.35 bits per heavy atom. The Bertz CT molecular complexity index is 597. The Kier molecular flexibility index (Phi) is 3.56. The number of aliphatic hydroxyl groups is 1. The highest BCUT2D eigenvalue weighted by molar-refractivity contribution is 7.89. The molecule has 20 heavy (non-hydrogen) atoms. The summed E-state index contributed by atoms with van der Waals surface area (Å²) in [5, 5.41) is 9.24. The molecule has 2 fully saturated rings. The highest BCUT2D eigenvalue weighted by Crippen LogP contribution is 2.45. The molecule has 3 rings (SSSR count). The molecule has 2 saturated carbocycles. The van der Waals surface area contributed by atoms with Crippen LogP contribution in [0.2, 0.25) is 0 Å². The van der Waals surface area contributed by atoms with Gasteiger partial charge in [0, 0.05) is 6.04 Å². The first-order valence-electron chi connectivity index (χ1n) is 6.93. The quantitative estimate of drug-likeness (QED) is 0.841. The van der Waals surface area contributed by atoms with Gasteiger partial charge in [0.05, 0.1) is 11.5 Å². The van der Waals surface area contributed by atoms with E-state index < -0.39 is 22.4 Å². The Morgan fingerprint density at radius 1 is 1.25 bits per heavy atom. The minimum Gasteiger partial charge on any atom is -0.392 e. The maximum atomic E-state index is 13.3. The molecule has 1 aromatic carbocycles. The number of aliphatic hydroxyl groups excluding tert-OH is 1. The number of benzene rings is 1. The zero-order valence-electron chi connectivity index (χ0n) is 11.0. The average molecular weight is 299 g/mol. The molecule has 2 N–H and O–H groups in total. The van der Waals surface area contributed by atoms with E-state index in [-0.39, 0.29) is 16.5 Å². The van der Waals surface area contributed by atoms with Crippen LogP contribution in [0.15, 0.2) is 23.1 Å². The monoisotopic (exact) mass is 299 g/mol. The maximum Gasteiger partial charge on any atom is 0.241 e. The fraction of sp³-hybridized carbons (Fsp3) is 0.571. The van der Waals surface area contributed by atoms with Gasteiger partial charge in [0.2, 0.25) is 10.0 Å². The van der Waals surface area contributed by atoms with Crippen molar-refractivity contribution in [3.8, 4) is 0 Å². The molecule has 1 aromatic rings. The molecule has 0 atom stereocenters. The summed E-state index contributed by atoms with van der Waals surface area (Å²) in [6, 6.07) is 3.41. The zero-order valence-corrected chi connectivity index (χ0v) is 11.9. The summed E-state index contributed by atoms with van der Waals surface area (Å²) in [7, 11) is -3.78. The molecule has 0 heterocycles. The van der Waals surface area contributed by atoms with E-state index >= 15 is 0 Å². The molecule has 4 nitrogen and oxygen atoms in total. The van der Waals surface area contributed by atoms with Gasteiger partial charge in [0.15, 0.2) is 0 Å². The van der Waals surface area contributed by atoms with Gasteiger partial charge in [-0.1, -0.05) is 6.07 Å². The second kappa shape index (κ2) is 5.09. The van der Waals surface area contributed by atoms with Crippen LogP contribution in [-0.2, 0) is 16.6 Å². The summed E-state index contributed by atoms with van der Waals surface area (Å²) in [4.78, 5) is -0.147. The molecule has 0 spiro atoms. The van der Waals surface area contributed by atoms with Gasteiger partial charge in [0.1, 0.15) is 5.82 Å². The molecule has 2 aliphatic carbocycles. The van der Waals surface area contributed by atoms with E-state index in [0.717, 1.165) is 37.8 Å². The van der Waals surface area contributed by atoms with Crippen molar-refractivity contribution < 1.29 is 17.9 Å². The van der Waals surface area contributed by atoms with E-state index in [4.69, 9.17) is 0 Å². The summed E-state index contributed by atoms with van der Waals surface area (Å²) >= 11 is 0. The third kappa shape index (κ3) is 2.87. The number of nitrogens with one attached hydrogen (secondary N) is 1. The molecule has 0 aromatic heterocycles. The van der Waals surface area contributed by atoms with Gasteiger partial charge in [-0.05, 0) is 55.2 Å². The molecule has 0 amide bonds. The van der Waals surface area contributed by atoms with Crippen LogP contribution in [0, 0.1) is 17.7 Å². The van der Waals surface area contributed by atoms with Crippen molar-refractivity contribution in [2.45, 2.75) is 43.2 Å². The Hall–Kier alpha value is -0.980. The number of hydrogen-bond acceptors (Lipinski definition) is 3. The van der Waals surface area contributed by atoms with Crippen LogP contribution in [-0.4, -0.2) is 19.6 Å². The molecule has 0 aliphatic heterocycles. The lowest BCUT2D eigenvalue weighted by Gasteiger charge is -2.19. The van der Waals surface area contributed by atoms with E-state index in [9.17, 15) is 17.9 Å². The van der Waals surface area contributed by atoms with Crippen molar-refractivity contribution in [3.63, 3.8) is 0 Å². The summed E-state index contributed by atoms with van der Waals surface area (Å²) in [5.41, 5.74) is 0.226. The van der Waals surface area contributed by atoms with Crippen molar-refractivity contribution in [2.24, 2.45) is 11.8 Å². The van der Waals surface area contributed by atoms with Gasteiger partial charge in [-0.15, -0.1) is 0 Å². The number of sulfonamides is 1. The van der Waals surface area contributed by atoms with E-state index in [1.807, 2.05) is 0 Å². The molecule has 110 valence electrons. The van der Waals surface area contributed by atoms with Crippen LogP contribution in [0.3, 0.4) is 0 Å². The van der Waals surface area contributed by atoms with Crippen molar-refractivity contribution >= 4 is 10.0 Å². The molecule has 0 bridgehead atoms. The second-order valence-corrected chi connectivity index (χ2v) is 7.41. The standard InChI is InChI=1S/C14H18FNO3S/c15-12-6-5-11(8-17)13(7-12)20(18,19)16-14(9-1-2-9)10-3-4-10/h5-7,9-10,14,16-17H,1-4,8H2. The van der Waals surface area contributed by atoms with Gasteiger partial charge in [-0.3, -0.25) is 0 Å². The molecule has 6 heteroatoms. The van der Waals surface area contributed by atoms with Crippen LogP contribution in [0.1, 0.15) is 31.2 Å². The number of hydrogen-bond donors (Lipinski definition) is 2. The van der Waals surface area contributed by atoms with E-state index in [2.05, 4.69) is 4.72 Å². The highest BCUT2D eigenvalue weighted by Gasteiger charge is 2.43. The summed E-state index contributed by atoms with van der Waals surface area (Å²) < 4.78 is 40.9. The normalized spacial score (nSPS) is 19.6. The topological polar surface area (TPSA) is 66.4 Å². The van der Waals surface area contributed by atoms with Crippen LogP contribution in [0.5, 0.6) is 0 Å². The third-order valence-corrected chi connectivity index (χ3v) is 5.58. The second-order valence-electron chi connectivity index (χ2n) is 5.73. The number of rotatable bonds is 6. The SMILES string of the molecule is O=S(=O)(NC(C1CC1)C1CC1)c1cc(F)ccc1CO. The lowest BCUT2D eigenvalue weighted by atomic mass is 10.1. The van der Waals surface area contributed by atoms with Crippen molar-refractivity contribution in [1.82, 2.24) is 4.72 Å². The predicted molar refractivity (Wildman–Crippen MR) is 71.9 cm³/mol. The predicted octanol–water partition coefficient (Wildman–Crippen LogP) is 1.78. The molecule has 0 saturated heterocycles. The summed E-state index contributed by atoms with van der Waals surface area (Å²) in [6.45, 7) is -0.423. The average Bonchev–Trinajstić information content (AvgIpc) is 3.29. The van der Waals surface area contributed by atoms with Crippen LogP contribution < -0.4 is 4.72 Å². The largest absolute Gasteiger partial charge is 0.392 e. The first kappa shape index (κ1) is 14.0. The lowest BCUT2D eigenvalue weighted by Crippen LogP contribution is -2.38. The molecular formula is C14H18FNO3S. The minimum atomic E-state index is -3.78. The van der Waals surface area contributed by atoms with E-state index in [1.165, 1.54) is 6.07 Å². The minimum absolute atomic E-state index is 0.0326. The van der Waals surface area contributed by atoms with Crippen LogP contribution in [0.25, 0.3) is 0 Å². The Labute approximate surface area is 118 Å². The van der Waals surface area contributed by atoms with Gasteiger partial charge in [0.25, 0.3) is 0 Å². The Morgan fingerprint density at radius 2 is 1.85 bits per heavy atom. The fourth-order valence-electron chi connectivity index (χ4n) is 2.64. The third-order valence-electron chi connectivity index (χ3n) is 4.04. The highest BCUT2D eigenvalue weighted by atomic mass is 32.2. The molecular weight excluding hydrogens is 281 g/mol. The van der Waals surface area contributed by atoms with Crippen molar-refractivity contribution in [2.75, 3.05) is 0 Å². The Balaban J connectivity index is 1.88. The maximum absolute atomic E-state index is 13.3. The van der Waals surface area contributed by atoms with E-state index in [0.29, 0.717) is 11.8 Å². The van der Waals surface area contributed by atoms with E-state index in [1.54, 1.807) is 0 Å². The smallest absolute Gasteiger partial charge is 0.241 e. The van der Waals surface area contributed by atoms with Gasteiger partial charge >= 0.3 is 0 Å². The zero-order chi connectivity index (χ0) is 14.3. The van der Waals surface area contributed by atoms with Gasteiger partial charge in [-0.25, -0.2) is 17.5 Å². The van der Waals surface area contributed by atoms with Crippen LogP contribution in [0.4, 0.5) is 4.39 Å². The van der Waals surface area contributed by atoms with Gasteiger partial charge < -0.3 is 5.11 Å². The first-order chi connectivity index (χ1) is 9.51. The first-order valence-corrected chi connectivity index (χ1v) is 8.41. The van der Waals surface area contributed by atoms with Gasteiger partial charge in [-0.2, -0.15) is 0 Å².